The molecule has 0 spiro atoms. The normalized spacial score (nSPS) is 25.6. The molecule has 2 aromatic carbocycles. The summed E-state index contributed by atoms with van der Waals surface area (Å²) in [6, 6.07) is 10.7. The van der Waals surface area contributed by atoms with Gasteiger partial charge in [-0.05, 0) is 68.2 Å². The monoisotopic (exact) mass is 439 g/mol. The van der Waals surface area contributed by atoms with Gasteiger partial charge < -0.3 is 19.3 Å². The van der Waals surface area contributed by atoms with Crippen molar-refractivity contribution in [2.45, 2.75) is 28.7 Å². The summed E-state index contributed by atoms with van der Waals surface area (Å²) in [5.41, 5.74) is 0. The number of ether oxygens (including phenoxy) is 3. The highest BCUT2D eigenvalue weighted by Gasteiger charge is 2.35. The van der Waals surface area contributed by atoms with E-state index in [0.717, 1.165) is 29.3 Å². The summed E-state index contributed by atoms with van der Waals surface area (Å²) in [6.45, 7) is 3.33. The lowest BCUT2D eigenvalue weighted by atomic mass is 9.86. The average molecular weight is 439 g/mol. The number of phenols is 1. The van der Waals surface area contributed by atoms with E-state index in [0.29, 0.717) is 10.8 Å². The van der Waals surface area contributed by atoms with Crippen LogP contribution in [0, 0.1) is 5.92 Å². The van der Waals surface area contributed by atoms with Crippen LogP contribution in [-0.4, -0.2) is 47.7 Å². The second kappa shape index (κ2) is 8.28. The topological polar surface area (TPSA) is 85.3 Å². The van der Waals surface area contributed by atoms with Crippen LogP contribution >= 0.6 is 11.8 Å². The maximum Gasteiger partial charge on any atom is 0.336 e. The van der Waals surface area contributed by atoms with Gasteiger partial charge in [0.2, 0.25) is 5.75 Å². The summed E-state index contributed by atoms with van der Waals surface area (Å²) in [6.07, 6.45) is 4.58. The van der Waals surface area contributed by atoms with Gasteiger partial charge in [0, 0.05) is 23.6 Å². The van der Waals surface area contributed by atoms with E-state index in [2.05, 4.69) is 4.90 Å². The van der Waals surface area contributed by atoms with E-state index in [9.17, 15) is 14.7 Å². The van der Waals surface area contributed by atoms with Gasteiger partial charge in [-0.2, -0.15) is 0 Å². The van der Waals surface area contributed by atoms with Crippen LogP contribution in [0.4, 0.5) is 0 Å². The number of phenolic OH excluding ortho intramolecular Hbond substituents is 1. The lowest BCUT2D eigenvalue weighted by molar-refractivity contribution is -0.133. The highest BCUT2D eigenvalue weighted by molar-refractivity contribution is 7.99. The molecule has 4 aliphatic rings. The van der Waals surface area contributed by atoms with Crippen LogP contribution in [-0.2, 0) is 9.59 Å². The number of hydrogen-bond donors (Lipinski definition) is 1. The molecule has 160 valence electrons. The Bertz CT molecular complexity index is 1040. The summed E-state index contributed by atoms with van der Waals surface area (Å²) in [5.74, 6) is -0.458. The molecular weight excluding hydrogens is 418 g/mol. The van der Waals surface area contributed by atoms with Crippen molar-refractivity contribution in [2.75, 3.05) is 19.6 Å². The summed E-state index contributed by atoms with van der Waals surface area (Å²) < 4.78 is 16.7. The highest BCUT2D eigenvalue weighted by Crippen LogP contribution is 2.46. The number of benzene rings is 2. The van der Waals surface area contributed by atoms with Crippen molar-refractivity contribution in [1.29, 1.82) is 0 Å². The Hall–Kier alpha value is -2.97. The van der Waals surface area contributed by atoms with Crippen LogP contribution in [0.1, 0.15) is 12.8 Å². The van der Waals surface area contributed by atoms with Crippen molar-refractivity contribution in [1.82, 2.24) is 4.90 Å². The molecule has 0 aliphatic carbocycles. The SMILES string of the molecule is O=C1/C=C/C(=O)Oc2c(Sc3ccc(O[C@H]4CN5CCC4CC5)cc3)ccc(O)c2O1. The van der Waals surface area contributed by atoms with Crippen LogP contribution in [0.5, 0.6) is 23.0 Å². The van der Waals surface area contributed by atoms with Crippen LogP contribution in [0.25, 0.3) is 0 Å². The molecule has 2 aromatic rings. The number of nitrogens with zero attached hydrogens (tertiary/aromatic N) is 1. The van der Waals surface area contributed by atoms with Crippen molar-refractivity contribution < 1.29 is 28.9 Å². The quantitative estimate of drug-likeness (QED) is 0.573. The Morgan fingerprint density at radius 1 is 0.935 bits per heavy atom. The molecule has 3 fully saturated rings. The van der Waals surface area contributed by atoms with Crippen molar-refractivity contribution in [3.8, 4) is 23.0 Å². The third-order valence-corrected chi connectivity index (χ3v) is 6.80. The van der Waals surface area contributed by atoms with Crippen molar-refractivity contribution in [2.24, 2.45) is 5.92 Å². The first-order valence-corrected chi connectivity index (χ1v) is 11.0. The minimum absolute atomic E-state index is 0.0142. The number of carbonyl (C=O) groups excluding carboxylic acids is 2. The summed E-state index contributed by atoms with van der Waals surface area (Å²) in [4.78, 5) is 27.6. The van der Waals surface area contributed by atoms with Gasteiger partial charge in [0.05, 0.1) is 4.90 Å². The number of aromatic hydroxyl groups is 1. The van der Waals surface area contributed by atoms with E-state index < -0.39 is 11.9 Å². The lowest BCUT2D eigenvalue weighted by Gasteiger charge is -2.44. The predicted octanol–water partition coefficient (Wildman–Crippen LogP) is 3.40. The summed E-state index contributed by atoms with van der Waals surface area (Å²) >= 11 is 1.33. The Kier molecular flexibility index (Phi) is 5.33. The van der Waals surface area contributed by atoms with Gasteiger partial charge in [-0.3, -0.25) is 4.90 Å². The van der Waals surface area contributed by atoms with Crippen LogP contribution in [0.2, 0.25) is 0 Å². The first-order chi connectivity index (χ1) is 15.0. The van der Waals surface area contributed by atoms with Crippen molar-refractivity contribution >= 4 is 23.7 Å². The molecule has 0 saturated carbocycles. The Labute approximate surface area is 183 Å². The minimum atomic E-state index is -0.760. The van der Waals surface area contributed by atoms with Gasteiger partial charge in [0.25, 0.3) is 0 Å². The van der Waals surface area contributed by atoms with Gasteiger partial charge in [-0.15, -0.1) is 0 Å². The van der Waals surface area contributed by atoms with E-state index in [4.69, 9.17) is 14.2 Å². The van der Waals surface area contributed by atoms with E-state index in [-0.39, 0.29) is 23.4 Å². The molecular formula is C23H21NO6S. The maximum atomic E-state index is 11.9. The molecule has 0 unspecified atom stereocenters. The Morgan fingerprint density at radius 3 is 2.26 bits per heavy atom. The fraction of sp³-hybridized carbons (Fsp3) is 0.304. The molecule has 1 N–H and O–H groups in total. The molecule has 4 heterocycles. The zero-order chi connectivity index (χ0) is 21.4. The predicted molar refractivity (Wildman–Crippen MR) is 113 cm³/mol. The third kappa shape index (κ3) is 4.26. The zero-order valence-corrected chi connectivity index (χ0v) is 17.5. The number of fused-ring (bicyclic) bond motifs is 4. The molecule has 0 amide bonds. The maximum absolute atomic E-state index is 11.9. The smallest absolute Gasteiger partial charge is 0.336 e. The van der Waals surface area contributed by atoms with Crippen LogP contribution < -0.4 is 14.2 Å². The first kappa shape index (κ1) is 20.0. The van der Waals surface area contributed by atoms with Crippen LogP contribution in [0.3, 0.4) is 0 Å². The van der Waals surface area contributed by atoms with Crippen molar-refractivity contribution in [3.05, 3.63) is 48.6 Å². The number of carbonyl (C=O) groups is 2. The molecule has 3 saturated heterocycles. The summed E-state index contributed by atoms with van der Waals surface area (Å²) in [7, 11) is 0. The molecule has 1 atom stereocenters. The molecule has 31 heavy (non-hydrogen) atoms. The molecule has 6 rings (SSSR count). The first-order valence-electron chi connectivity index (χ1n) is 10.2. The average Bonchev–Trinajstić information content (AvgIpc) is 2.77. The van der Waals surface area contributed by atoms with Gasteiger partial charge in [0.1, 0.15) is 11.9 Å². The largest absolute Gasteiger partial charge is 0.504 e. The molecule has 0 aromatic heterocycles. The van der Waals surface area contributed by atoms with E-state index in [1.54, 1.807) is 6.07 Å². The second-order valence-electron chi connectivity index (χ2n) is 7.78. The van der Waals surface area contributed by atoms with Gasteiger partial charge in [-0.25, -0.2) is 9.59 Å². The number of esters is 2. The van der Waals surface area contributed by atoms with E-state index in [1.807, 2.05) is 24.3 Å². The van der Waals surface area contributed by atoms with Gasteiger partial charge >= 0.3 is 11.9 Å². The van der Waals surface area contributed by atoms with Gasteiger partial charge in [-0.1, -0.05) is 11.8 Å². The number of hydrogen-bond acceptors (Lipinski definition) is 8. The molecule has 0 radical (unpaired) electrons. The fourth-order valence-electron chi connectivity index (χ4n) is 4.15. The molecule has 2 bridgehead atoms. The second-order valence-corrected chi connectivity index (χ2v) is 8.90. The Balaban J connectivity index is 1.33. The Morgan fingerprint density at radius 2 is 1.61 bits per heavy atom. The van der Waals surface area contributed by atoms with E-state index >= 15 is 0 Å². The van der Waals surface area contributed by atoms with Crippen LogP contribution in [0.15, 0.2) is 58.3 Å². The zero-order valence-electron chi connectivity index (χ0n) is 16.7. The van der Waals surface area contributed by atoms with E-state index in [1.165, 1.54) is 43.8 Å². The molecule has 8 heteroatoms. The molecule has 4 aliphatic heterocycles. The summed E-state index contributed by atoms with van der Waals surface area (Å²) in [5, 5.41) is 10.1. The lowest BCUT2D eigenvalue weighted by Crippen LogP contribution is -2.52. The number of piperidine rings is 3. The standard InChI is InChI=1S/C23H21NO6S/c25-17-5-6-19(23-22(17)29-20(26)7-8-21(27)30-23)31-16-3-1-15(2-4-16)28-18-13-24-11-9-14(18)10-12-24/h1-8,14,18,25H,9-13H2/b8-7+/t18-/m0/s1. The highest BCUT2D eigenvalue weighted by atomic mass is 32.2. The molecule has 7 nitrogen and oxygen atoms in total. The van der Waals surface area contributed by atoms with Gasteiger partial charge in [0.15, 0.2) is 11.5 Å². The van der Waals surface area contributed by atoms with Crippen molar-refractivity contribution in [3.63, 3.8) is 0 Å². The minimum Gasteiger partial charge on any atom is -0.504 e. The third-order valence-electron chi connectivity index (χ3n) is 5.75. The fourth-order valence-corrected chi connectivity index (χ4v) is 5.04. The number of rotatable bonds is 4.